The van der Waals surface area contributed by atoms with E-state index in [2.05, 4.69) is 11.2 Å². The number of piperidine rings is 1. The Balaban J connectivity index is 1.73. The van der Waals surface area contributed by atoms with Gasteiger partial charge in [0, 0.05) is 24.9 Å². The minimum absolute atomic E-state index is 0.0167. The maximum Gasteiger partial charge on any atom is 0.410 e. The van der Waals surface area contributed by atoms with Gasteiger partial charge in [0.25, 0.3) is 0 Å². The maximum absolute atomic E-state index is 12.2. The molecule has 1 amide bonds. The fraction of sp³-hybridized carbons (Fsp3) is 0.556. The van der Waals surface area contributed by atoms with E-state index in [1.807, 2.05) is 50.8 Å². The largest absolute Gasteiger partial charge is 0.444 e. The number of fused-ring (bicyclic) bond motifs is 1. The highest BCUT2D eigenvalue weighted by Gasteiger charge is 2.33. The monoisotopic (exact) mass is 331 g/mol. The summed E-state index contributed by atoms with van der Waals surface area (Å²) in [7, 11) is 1.91. The zero-order chi connectivity index (χ0) is 17.5. The number of ether oxygens (including phenoxy) is 1. The highest BCUT2D eigenvalue weighted by Crippen LogP contribution is 2.31. The van der Waals surface area contributed by atoms with Crippen molar-refractivity contribution in [1.29, 1.82) is 0 Å². The summed E-state index contributed by atoms with van der Waals surface area (Å²) in [5, 5.41) is 15.9. The number of β-amino-alcohol motifs (C(OH)–C–C–N with tert-alkyl or cyclic N) is 1. The lowest BCUT2D eigenvalue weighted by atomic mass is 9.87. The Kier molecular flexibility index (Phi) is 4.25. The molecule has 1 fully saturated rings. The molecule has 0 unspecified atom stereocenters. The SMILES string of the molecule is Cn1ncc2ccc([C@@H]3CCN(C(=O)OC(C)(C)C)C[C@H]3O)cc21. The number of carbonyl (C=O) groups excluding carboxylic acids is 1. The number of rotatable bonds is 1. The van der Waals surface area contributed by atoms with Crippen molar-refractivity contribution < 1.29 is 14.6 Å². The molecule has 1 aromatic heterocycles. The molecular weight excluding hydrogens is 306 g/mol. The molecule has 6 heteroatoms. The van der Waals surface area contributed by atoms with Gasteiger partial charge in [-0.05, 0) is 38.8 Å². The summed E-state index contributed by atoms with van der Waals surface area (Å²) in [6.07, 6.45) is 1.59. The van der Waals surface area contributed by atoms with Gasteiger partial charge in [0.2, 0.25) is 0 Å². The smallest absolute Gasteiger partial charge is 0.410 e. The predicted molar refractivity (Wildman–Crippen MR) is 91.9 cm³/mol. The van der Waals surface area contributed by atoms with E-state index in [1.54, 1.807) is 4.90 Å². The molecule has 1 aliphatic heterocycles. The number of benzene rings is 1. The van der Waals surface area contributed by atoms with Crippen LogP contribution >= 0.6 is 0 Å². The Hall–Kier alpha value is -2.08. The van der Waals surface area contributed by atoms with Crippen LogP contribution in [0.3, 0.4) is 0 Å². The third-order valence-electron chi connectivity index (χ3n) is 4.43. The highest BCUT2D eigenvalue weighted by molar-refractivity contribution is 5.79. The lowest BCUT2D eigenvalue weighted by Crippen LogP contribution is -2.47. The van der Waals surface area contributed by atoms with E-state index in [0.29, 0.717) is 19.5 Å². The molecule has 0 aliphatic carbocycles. The van der Waals surface area contributed by atoms with Crippen LogP contribution in [-0.4, -0.2) is 50.7 Å². The Morgan fingerprint density at radius 1 is 1.38 bits per heavy atom. The first-order valence-corrected chi connectivity index (χ1v) is 8.32. The molecule has 2 aromatic rings. The van der Waals surface area contributed by atoms with Crippen LogP contribution < -0.4 is 0 Å². The van der Waals surface area contributed by atoms with Gasteiger partial charge in [0.1, 0.15) is 5.60 Å². The van der Waals surface area contributed by atoms with Crippen molar-refractivity contribution in [3.8, 4) is 0 Å². The topological polar surface area (TPSA) is 67.6 Å². The Morgan fingerprint density at radius 2 is 2.12 bits per heavy atom. The lowest BCUT2D eigenvalue weighted by molar-refractivity contribution is -0.00151. The molecular formula is C18H25N3O3. The van der Waals surface area contributed by atoms with Crippen molar-refractivity contribution >= 4 is 17.0 Å². The number of aliphatic hydroxyl groups excluding tert-OH is 1. The molecule has 0 radical (unpaired) electrons. The second-order valence-electron chi connectivity index (χ2n) is 7.48. The van der Waals surface area contributed by atoms with Gasteiger partial charge in [-0.3, -0.25) is 4.68 Å². The molecule has 130 valence electrons. The van der Waals surface area contributed by atoms with E-state index in [9.17, 15) is 9.90 Å². The minimum atomic E-state index is -0.600. The van der Waals surface area contributed by atoms with Crippen LogP contribution in [0.2, 0.25) is 0 Å². The van der Waals surface area contributed by atoms with Crippen LogP contribution in [0.4, 0.5) is 4.79 Å². The number of nitrogens with zero attached hydrogens (tertiary/aromatic N) is 3. The van der Waals surface area contributed by atoms with Gasteiger partial charge in [0.15, 0.2) is 0 Å². The third-order valence-corrected chi connectivity index (χ3v) is 4.43. The molecule has 2 heterocycles. The van der Waals surface area contributed by atoms with Crippen LogP contribution in [0.5, 0.6) is 0 Å². The van der Waals surface area contributed by atoms with Crippen LogP contribution in [0.25, 0.3) is 10.9 Å². The van der Waals surface area contributed by atoms with Crippen molar-refractivity contribution in [3.05, 3.63) is 30.0 Å². The molecule has 1 N–H and O–H groups in total. The summed E-state index contributed by atoms with van der Waals surface area (Å²) in [5.41, 5.74) is 1.61. The average Bonchev–Trinajstić information content (AvgIpc) is 2.86. The fourth-order valence-electron chi connectivity index (χ4n) is 3.20. The number of aryl methyl sites for hydroxylation is 1. The van der Waals surface area contributed by atoms with Crippen molar-refractivity contribution in [3.63, 3.8) is 0 Å². The summed E-state index contributed by atoms with van der Waals surface area (Å²) in [4.78, 5) is 13.8. The first-order chi connectivity index (χ1) is 11.2. The normalized spacial score (nSPS) is 22.0. The van der Waals surface area contributed by atoms with E-state index in [4.69, 9.17) is 4.74 Å². The molecule has 0 bridgehead atoms. The average molecular weight is 331 g/mol. The number of hydrogen-bond donors (Lipinski definition) is 1. The second kappa shape index (κ2) is 6.09. The molecule has 2 atom stereocenters. The predicted octanol–water partition coefficient (Wildman–Crippen LogP) is 2.66. The van der Waals surface area contributed by atoms with Gasteiger partial charge < -0.3 is 14.7 Å². The maximum atomic E-state index is 12.2. The van der Waals surface area contributed by atoms with Crippen LogP contribution in [0.1, 0.15) is 38.7 Å². The third kappa shape index (κ3) is 3.38. The highest BCUT2D eigenvalue weighted by atomic mass is 16.6. The van der Waals surface area contributed by atoms with Crippen molar-refractivity contribution in [1.82, 2.24) is 14.7 Å². The van der Waals surface area contributed by atoms with Crippen molar-refractivity contribution in [2.75, 3.05) is 13.1 Å². The summed E-state index contributed by atoms with van der Waals surface area (Å²) in [5.74, 6) is 0.0167. The molecule has 0 spiro atoms. The van der Waals surface area contributed by atoms with Gasteiger partial charge >= 0.3 is 6.09 Å². The molecule has 1 aliphatic rings. The minimum Gasteiger partial charge on any atom is -0.444 e. The van der Waals surface area contributed by atoms with Gasteiger partial charge in [-0.1, -0.05) is 12.1 Å². The Bertz CT molecular complexity index is 748. The van der Waals surface area contributed by atoms with Crippen molar-refractivity contribution in [2.24, 2.45) is 7.05 Å². The molecule has 1 saturated heterocycles. The molecule has 1 aromatic carbocycles. The van der Waals surface area contributed by atoms with Gasteiger partial charge in [0.05, 0.1) is 24.4 Å². The van der Waals surface area contributed by atoms with Gasteiger partial charge in [-0.2, -0.15) is 5.10 Å². The van der Waals surface area contributed by atoms with Crippen LogP contribution in [-0.2, 0) is 11.8 Å². The summed E-state index contributed by atoms with van der Waals surface area (Å²) < 4.78 is 7.23. The second-order valence-corrected chi connectivity index (χ2v) is 7.48. The summed E-state index contributed by atoms with van der Waals surface area (Å²) in [6.45, 7) is 6.41. The molecule has 0 saturated carbocycles. The number of likely N-dealkylation sites (tertiary alicyclic amines) is 1. The number of amides is 1. The number of aromatic nitrogens is 2. The fourth-order valence-corrected chi connectivity index (χ4v) is 3.20. The van der Waals surface area contributed by atoms with E-state index < -0.39 is 11.7 Å². The van der Waals surface area contributed by atoms with Crippen LogP contribution in [0.15, 0.2) is 24.4 Å². The van der Waals surface area contributed by atoms with E-state index in [1.165, 1.54) is 0 Å². The molecule has 3 rings (SSSR count). The summed E-state index contributed by atoms with van der Waals surface area (Å²) in [6, 6.07) is 6.16. The lowest BCUT2D eigenvalue weighted by Gasteiger charge is -2.36. The zero-order valence-corrected chi connectivity index (χ0v) is 14.7. The molecule has 24 heavy (non-hydrogen) atoms. The van der Waals surface area contributed by atoms with Gasteiger partial charge in [-0.15, -0.1) is 0 Å². The zero-order valence-electron chi connectivity index (χ0n) is 14.7. The first-order valence-electron chi connectivity index (χ1n) is 8.32. The van der Waals surface area contributed by atoms with Gasteiger partial charge in [-0.25, -0.2) is 4.79 Å². The first kappa shape index (κ1) is 16.8. The van der Waals surface area contributed by atoms with E-state index in [-0.39, 0.29) is 12.0 Å². The summed E-state index contributed by atoms with van der Waals surface area (Å²) >= 11 is 0. The molecule has 6 nitrogen and oxygen atoms in total. The van der Waals surface area contributed by atoms with E-state index >= 15 is 0 Å². The number of hydrogen-bond acceptors (Lipinski definition) is 4. The van der Waals surface area contributed by atoms with Crippen molar-refractivity contribution in [2.45, 2.75) is 44.8 Å². The quantitative estimate of drug-likeness (QED) is 0.872. The van der Waals surface area contributed by atoms with E-state index in [0.717, 1.165) is 16.5 Å². The number of carbonyl (C=O) groups is 1. The van der Waals surface area contributed by atoms with Crippen LogP contribution in [0, 0.1) is 0 Å². The standard InChI is InChI=1S/C18H25N3O3/c1-18(2,3)24-17(23)21-8-7-14(16(22)11-21)12-5-6-13-10-19-20(4)15(13)9-12/h5-6,9-10,14,16,22H,7-8,11H2,1-4H3/t14-,16+/m0/s1. The Labute approximate surface area is 142 Å². The number of aliphatic hydroxyl groups is 1. The Morgan fingerprint density at radius 3 is 2.79 bits per heavy atom.